The minimum absolute atomic E-state index is 0.199. The predicted octanol–water partition coefficient (Wildman–Crippen LogP) is 2.72. The summed E-state index contributed by atoms with van der Waals surface area (Å²) in [6.45, 7) is -1.88. The van der Waals surface area contributed by atoms with Gasteiger partial charge in [-0.25, -0.2) is 13.2 Å². The molecule has 1 N–H and O–H groups in total. The Kier molecular flexibility index (Phi) is 4.76. The zero-order valence-corrected chi connectivity index (χ0v) is 9.38. The summed E-state index contributed by atoms with van der Waals surface area (Å²) in [6, 6.07) is 2.50. The Morgan fingerprint density at radius 1 is 1.37 bits per heavy atom. The SMILES string of the molecule is O=[N+]([O-])c1ccc(F)cc1CNCC(F)(F)C(F)F. The molecule has 1 rings (SSSR count). The van der Waals surface area contributed by atoms with Crippen molar-refractivity contribution in [3.63, 3.8) is 0 Å². The Bertz CT molecular complexity index is 467. The first-order chi connectivity index (χ1) is 8.74. The first-order valence-electron chi connectivity index (χ1n) is 5.03. The molecule has 0 heterocycles. The summed E-state index contributed by atoms with van der Waals surface area (Å²) in [5.41, 5.74) is -0.677. The van der Waals surface area contributed by atoms with Crippen LogP contribution in [-0.4, -0.2) is 23.8 Å². The van der Waals surface area contributed by atoms with Gasteiger partial charge in [0.15, 0.2) is 0 Å². The molecule has 0 saturated carbocycles. The van der Waals surface area contributed by atoms with Crippen molar-refractivity contribution >= 4 is 5.69 Å². The fourth-order valence-corrected chi connectivity index (χ4v) is 1.31. The zero-order valence-electron chi connectivity index (χ0n) is 9.38. The second-order valence-corrected chi connectivity index (χ2v) is 3.70. The van der Waals surface area contributed by atoms with Crippen molar-refractivity contribution in [3.05, 3.63) is 39.7 Å². The fourth-order valence-electron chi connectivity index (χ4n) is 1.31. The van der Waals surface area contributed by atoms with Gasteiger partial charge in [0.05, 0.1) is 11.5 Å². The van der Waals surface area contributed by atoms with E-state index < -0.39 is 41.9 Å². The van der Waals surface area contributed by atoms with Gasteiger partial charge in [-0.1, -0.05) is 0 Å². The van der Waals surface area contributed by atoms with Gasteiger partial charge in [-0.05, 0) is 12.1 Å². The molecule has 0 aromatic heterocycles. The molecule has 106 valence electrons. The third-order valence-electron chi connectivity index (χ3n) is 2.23. The van der Waals surface area contributed by atoms with E-state index in [9.17, 15) is 32.1 Å². The van der Waals surface area contributed by atoms with Gasteiger partial charge in [0.1, 0.15) is 5.82 Å². The lowest BCUT2D eigenvalue weighted by atomic mass is 10.1. The minimum atomic E-state index is -4.25. The third kappa shape index (κ3) is 4.12. The quantitative estimate of drug-likeness (QED) is 0.496. The molecule has 0 radical (unpaired) electrons. The highest BCUT2D eigenvalue weighted by Gasteiger charge is 2.40. The van der Waals surface area contributed by atoms with Gasteiger partial charge in [0.25, 0.3) is 5.69 Å². The number of rotatable bonds is 6. The molecule has 4 nitrogen and oxygen atoms in total. The normalized spacial score (nSPS) is 11.9. The lowest BCUT2D eigenvalue weighted by Gasteiger charge is -2.15. The number of nitrogens with zero attached hydrogens (tertiary/aromatic N) is 1. The number of nitro groups is 1. The zero-order chi connectivity index (χ0) is 14.6. The number of halogens is 5. The molecule has 0 atom stereocenters. The first kappa shape index (κ1) is 15.3. The van der Waals surface area contributed by atoms with Gasteiger partial charge < -0.3 is 5.32 Å². The standard InChI is InChI=1S/C10H9F5N2O2/c11-7-1-2-8(17(18)19)6(3-7)4-16-5-10(14,15)9(12)13/h1-3,9,16H,4-5H2. The second kappa shape index (κ2) is 5.91. The van der Waals surface area contributed by atoms with Crippen molar-refractivity contribution in [2.45, 2.75) is 18.9 Å². The largest absolute Gasteiger partial charge is 0.319 e. The molecule has 0 aliphatic carbocycles. The maximum Gasteiger partial charge on any atom is 0.319 e. The highest BCUT2D eigenvalue weighted by Crippen LogP contribution is 2.23. The molecule has 1 aromatic rings. The molecule has 0 bridgehead atoms. The van der Waals surface area contributed by atoms with Crippen LogP contribution in [0, 0.1) is 15.9 Å². The maximum atomic E-state index is 12.9. The van der Waals surface area contributed by atoms with E-state index in [1.165, 1.54) is 0 Å². The summed E-state index contributed by atoms with van der Waals surface area (Å²) >= 11 is 0. The summed E-state index contributed by atoms with van der Waals surface area (Å²) in [5.74, 6) is -5.04. The van der Waals surface area contributed by atoms with Crippen LogP contribution in [0.4, 0.5) is 27.6 Å². The van der Waals surface area contributed by atoms with Gasteiger partial charge in [-0.15, -0.1) is 0 Å². The average molecular weight is 284 g/mol. The van der Waals surface area contributed by atoms with Crippen molar-refractivity contribution in [3.8, 4) is 0 Å². The van der Waals surface area contributed by atoms with Crippen LogP contribution in [0.5, 0.6) is 0 Å². The molecule has 0 saturated heterocycles. The third-order valence-corrected chi connectivity index (χ3v) is 2.23. The van der Waals surface area contributed by atoms with Crippen molar-refractivity contribution in [1.29, 1.82) is 0 Å². The molecular weight excluding hydrogens is 275 g/mol. The van der Waals surface area contributed by atoms with Gasteiger partial charge >= 0.3 is 12.3 Å². The second-order valence-electron chi connectivity index (χ2n) is 3.70. The summed E-state index contributed by atoms with van der Waals surface area (Å²) in [7, 11) is 0. The minimum Gasteiger partial charge on any atom is -0.307 e. The number of nitrogens with one attached hydrogen (secondary N) is 1. The molecular formula is C10H9F5N2O2. The highest BCUT2D eigenvalue weighted by molar-refractivity contribution is 5.40. The highest BCUT2D eigenvalue weighted by atomic mass is 19.3. The number of alkyl halides is 4. The number of benzene rings is 1. The van der Waals surface area contributed by atoms with E-state index in [1.54, 1.807) is 0 Å². The van der Waals surface area contributed by atoms with Crippen molar-refractivity contribution in [2.75, 3.05) is 6.54 Å². The van der Waals surface area contributed by atoms with Crippen LogP contribution in [-0.2, 0) is 6.54 Å². The van der Waals surface area contributed by atoms with Crippen LogP contribution in [0.25, 0.3) is 0 Å². The van der Waals surface area contributed by atoms with Crippen molar-refractivity contribution < 1.29 is 26.9 Å². The summed E-state index contributed by atoms with van der Waals surface area (Å²) in [6.07, 6.45) is -3.84. The van der Waals surface area contributed by atoms with E-state index in [4.69, 9.17) is 0 Å². The van der Waals surface area contributed by atoms with Crippen LogP contribution in [0.15, 0.2) is 18.2 Å². The molecule has 1 aromatic carbocycles. The Hall–Kier alpha value is -1.77. The van der Waals surface area contributed by atoms with E-state index in [1.807, 2.05) is 5.32 Å². The smallest absolute Gasteiger partial charge is 0.307 e. The van der Waals surface area contributed by atoms with Crippen LogP contribution >= 0.6 is 0 Å². The molecule has 0 unspecified atom stereocenters. The summed E-state index contributed by atoms with van der Waals surface area (Å²) in [4.78, 5) is 9.77. The molecule has 0 amide bonds. The van der Waals surface area contributed by atoms with E-state index in [0.717, 1.165) is 18.2 Å². The van der Waals surface area contributed by atoms with Crippen molar-refractivity contribution in [2.24, 2.45) is 0 Å². The van der Waals surface area contributed by atoms with E-state index in [2.05, 4.69) is 0 Å². The van der Waals surface area contributed by atoms with Crippen LogP contribution in [0.2, 0.25) is 0 Å². The molecule has 0 spiro atoms. The first-order valence-corrected chi connectivity index (χ1v) is 5.03. The van der Waals surface area contributed by atoms with E-state index in [-0.39, 0.29) is 5.56 Å². The molecule has 9 heteroatoms. The van der Waals surface area contributed by atoms with E-state index >= 15 is 0 Å². The van der Waals surface area contributed by atoms with E-state index in [0.29, 0.717) is 0 Å². The molecule has 0 aliphatic rings. The Morgan fingerprint density at radius 3 is 2.53 bits per heavy atom. The van der Waals surface area contributed by atoms with Gasteiger partial charge in [0, 0.05) is 18.2 Å². The van der Waals surface area contributed by atoms with Crippen molar-refractivity contribution in [1.82, 2.24) is 5.32 Å². The van der Waals surface area contributed by atoms with Crippen LogP contribution < -0.4 is 5.32 Å². The lowest BCUT2D eigenvalue weighted by Crippen LogP contribution is -2.38. The Balaban J connectivity index is 2.73. The Labute approximate surface area is 104 Å². The molecule has 0 fully saturated rings. The molecule has 19 heavy (non-hydrogen) atoms. The lowest BCUT2D eigenvalue weighted by molar-refractivity contribution is -0.385. The predicted molar refractivity (Wildman–Crippen MR) is 55.7 cm³/mol. The van der Waals surface area contributed by atoms with Crippen LogP contribution in [0.3, 0.4) is 0 Å². The van der Waals surface area contributed by atoms with Crippen LogP contribution in [0.1, 0.15) is 5.56 Å². The monoisotopic (exact) mass is 284 g/mol. The average Bonchev–Trinajstić information content (AvgIpc) is 2.28. The number of hydrogen-bond donors (Lipinski definition) is 1. The van der Waals surface area contributed by atoms with Gasteiger partial charge in [0.2, 0.25) is 0 Å². The van der Waals surface area contributed by atoms with Gasteiger partial charge in [-0.3, -0.25) is 10.1 Å². The number of hydrogen-bond acceptors (Lipinski definition) is 3. The maximum absolute atomic E-state index is 12.9. The topological polar surface area (TPSA) is 55.2 Å². The summed E-state index contributed by atoms with van der Waals surface area (Å²) in [5, 5.41) is 12.5. The fraction of sp³-hybridized carbons (Fsp3) is 0.400. The number of nitro benzene ring substituents is 1. The summed E-state index contributed by atoms with van der Waals surface area (Å²) < 4.78 is 61.7. The Morgan fingerprint density at radius 2 is 2.00 bits per heavy atom. The molecule has 0 aliphatic heterocycles. The van der Waals surface area contributed by atoms with Gasteiger partial charge in [-0.2, -0.15) is 8.78 Å².